The topological polar surface area (TPSA) is 58.4 Å². The van der Waals surface area contributed by atoms with Crippen LogP contribution in [0.2, 0.25) is 0 Å². The van der Waals surface area contributed by atoms with Crippen LogP contribution in [0.3, 0.4) is 0 Å². The van der Waals surface area contributed by atoms with Gasteiger partial charge in [0.25, 0.3) is 0 Å². The van der Waals surface area contributed by atoms with Gasteiger partial charge in [-0.2, -0.15) is 0 Å². The highest BCUT2D eigenvalue weighted by molar-refractivity contribution is 5.91. The van der Waals surface area contributed by atoms with Gasteiger partial charge < -0.3 is 4.52 Å². The molecule has 0 saturated heterocycles. The van der Waals surface area contributed by atoms with Crippen LogP contribution in [-0.4, -0.2) is 35.6 Å². The summed E-state index contributed by atoms with van der Waals surface area (Å²) in [4.78, 5) is 14.1. The molecule has 0 aromatic carbocycles. The molecule has 2 rings (SSSR count). The first-order valence-corrected chi connectivity index (χ1v) is 7.07. The summed E-state index contributed by atoms with van der Waals surface area (Å²) >= 11 is 0. The second-order valence-corrected chi connectivity index (χ2v) is 5.34. The summed E-state index contributed by atoms with van der Waals surface area (Å²) in [5.74, 6) is 0.456. The molecule has 0 atom stereocenters. The van der Waals surface area contributed by atoms with E-state index in [4.69, 9.17) is 4.52 Å². The van der Waals surface area contributed by atoms with Crippen molar-refractivity contribution in [3.63, 3.8) is 0 Å². The maximum absolute atomic E-state index is 12.0. The Bertz CT molecular complexity index is 436. The Kier molecular flexibility index (Phi) is 4.58. The second kappa shape index (κ2) is 6.19. The fourth-order valence-electron chi connectivity index (χ4n) is 2.68. The predicted octanol–water partition coefficient (Wildman–Crippen LogP) is 2.36. The Hall–Kier alpha value is -1.36. The van der Waals surface area contributed by atoms with Crippen molar-refractivity contribution in [3.8, 4) is 0 Å². The normalized spacial score (nSPS) is 16.2. The predicted molar refractivity (Wildman–Crippen MR) is 74.1 cm³/mol. The Morgan fingerprint density at radius 2 is 2.16 bits per heavy atom. The molecule has 0 unspecified atom stereocenters. The van der Waals surface area contributed by atoms with E-state index in [0.717, 1.165) is 17.7 Å². The Labute approximate surface area is 114 Å². The molecule has 1 saturated carbocycles. The molecule has 1 N–H and O–H groups in total. The number of aromatic nitrogens is 1. The highest BCUT2D eigenvalue weighted by Crippen LogP contribution is 2.22. The second-order valence-electron chi connectivity index (χ2n) is 5.34. The maximum atomic E-state index is 12.0. The van der Waals surface area contributed by atoms with Crippen LogP contribution in [0.25, 0.3) is 0 Å². The summed E-state index contributed by atoms with van der Waals surface area (Å²) in [6.45, 7) is 4.35. The first-order chi connectivity index (χ1) is 9.11. The zero-order valence-corrected chi connectivity index (χ0v) is 12.0. The van der Waals surface area contributed by atoms with Gasteiger partial charge in [0, 0.05) is 11.6 Å². The number of likely N-dealkylation sites (N-methyl/N-ethyl adjacent to an activating group) is 1. The fraction of sp³-hybridized carbons (Fsp3) is 0.714. The molecule has 0 spiro atoms. The van der Waals surface area contributed by atoms with Crippen molar-refractivity contribution in [1.29, 1.82) is 0 Å². The Balaban J connectivity index is 1.88. The van der Waals surface area contributed by atoms with Crippen LogP contribution in [0.1, 0.15) is 43.9 Å². The lowest BCUT2D eigenvalue weighted by molar-refractivity contribution is -0.117. The Morgan fingerprint density at radius 3 is 2.74 bits per heavy atom. The third kappa shape index (κ3) is 3.35. The molecule has 0 radical (unpaired) electrons. The number of nitrogens with one attached hydrogen (secondary N) is 1. The highest BCUT2D eigenvalue weighted by atomic mass is 16.5. The van der Waals surface area contributed by atoms with Crippen LogP contribution in [0.5, 0.6) is 0 Å². The molecule has 0 bridgehead atoms. The number of hydrogen-bond acceptors (Lipinski definition) is 4. The first-order valence-electron chi connectivity index (χ1n) is 7.07. The average molecular weight is 265 g/mol. The van der Waals surface area contributed by atoms with Crippen LogP contribution in [0, 0.1) is 6.92 Å². The lowest BCUT2D eigenvalue weighted by Gasteiger charge is -2.22. The van der Waals surface area contributed by atoms with Crippen molar-refractivity contribution in [3.05, 3.63) is 11.3 Å². The highest BCUT2D eigenvalue weighted by Gasteiger charge is 2.22. The van der Waals surface area contributed by atoms with Gasteiger partial charge in [-0.05, 0) is 33.2 Å². The molecule has 1 fully saturated rings. The fourth-order valence-corrected chi connectivity index (χ4v) is 2.68. The smallest absolute Gasteiger partial charge is 0.240 e. The number of anilines is 1. The van der Waals surface area contributed by atoms with Crippen molar-refractivity contribution in [1.82, 2.24) is 10.1 Å². The molecule has 1 aliphatic carbocycles. The average Bonchev–Trinajstić information content (AvgIpc) is 3.00. The molecule has 5 heteroatoms. The number of aryl methyl sites for hydroxylation is 1. The van der Waals surface area contributed by atoms with Crippen molar-refractivity contribution < 1.29 is 9.32 Å². The van der Waals surface area contributed by atoms with Crippen LogP contribution in [0.15, 0.2) is 4.52 Å². The number of rotatable bonds is 5. The van der Waals surface area contributed by atoms with E-state index >= 15 is 0 Å². The van der Waals surface area contributed by atoms with E-state index < -0.39 is 0 Å². The third-order valence-electron chi connectivity index (χ3n) is 3.95. The molecule has 1 aliphatic rings. The van der Waals surface area contributed by atoms with Crippen LogP contribution in [-0.2, 0) is 11.2 Å². The number of carbonyl (C=O) groups is 1. The largest absolute Gasteiger partial charge is 0.338 e. The molecule has 0 aliphatic heterocycles. The van der Waals surface area contributed by atoms with Gasteiger partial charge in [-0.3, -0.25) is 15.0 Å². The number of nitrogens with zero attached hydrogens (tertiary/aromatic N) is 2. The van der Waals surface area contributed by atoms with E-state index in [1.54, 1.807) is 0 Å². The van der Waals surface area contributed by atoms with E-state index in [1.165, 1.54) is 25.7 Å². The van der Waals surface area contributed by atoms with Gasteiger partial charge >= 0.3 is 0 Å². The van der Waals surface area contributed by atoms with E-state index in [2.05, 4.69) is 15.4 Å². The van der Waals surface area contributed by atoms with Gasteiger partial charge in [0.05, 0.1) is 12.2 Å². The third-order valence-corrected chi connectivity index (χ3v) is 3.95. The van der Waals surface area contributed by atoms with Gasteiger partial charge in [0.1, 0.15) is 0 Å². The van der Waals surface area contributed by atoms with Gasteiger partial charge in [-0.1, -0.05) is 24.9 Å². The van der Waals surface area contributed by atoms with Crippen molar-refractivity contribution in [2.24, 2.45) is 0 Å². The molecular weight excluding hydrogens is 242 g/mol. The van der Waals surface area contributed by atoms with Crippen molar-refractivity contribution in [2.45, 2.75) is 52.0 Å². The van der Waals surface area contributed by atoms with Crippen molar-refractivity contribution in [2.75, 3.05) is 18.9 Å². The molecule has 19 heavy (non-hydrogen) atoms. The number of carbonyl (C=O) groups excluding carboxylic acids is 1. The van der Waals surface area contributed by atoms with E-state index in [-0.39, 0.29) is 5.91 Å². The molecule has 5 nitrogen and oxygen atoms in total. The minimum Gasteiger partial charge on any atom is -0.338 e. The van der Waals surface area contributed by atoms with Gasteiger partial charge in [0.15, 0.2) is 0 Å². The molecule has 1 amide bonds. The molecule has 106 valence electrons. The molecule has 1 heterocycles. The summed E-state index contributed by atoms with van der Waals surface area (Å²) in [7, 11) is 2.01. The van der Waals surface area contributed by atoms with Crippen LogP contribution >= 0.6 is 0 Å². The van der Waals surface area contributed by atoms with Gasteiger partial charge in [0.2, 0.25) is 11.8 Å². The van der Waals surface area contributed by atoms with Gasteiger partial charge in [-0.25, -0.2) is 0 Å². The summed E-state index contributed by atoms with van der Waals surface area (Å²) < 4.78 is 5.16. The zero-order valence-electron chi connectivity index (χ0n) is 12.0. The van der Waals surface area contributed by atoms with E-state index in [9.17, 15) is 4.79 Å². The zero-order chi connectivity index (χ0) is 13.8. The van der Waals surface area contributed by atoms with E-state index in [1.807, 2.05) is 20.9 Å². The number of amides is 1. The maximum Gasteiger partial charge on any atom is 0.240 e. The number of hydrogen-bond donors (Lipinski definition) is 1. The molecular formula is C14H23N3O2. The quantitative estimate of drug-likeness (QED) is 0.888. The summed E-state index contributed by atoms with van der Waals surface area (Å²) in [6.07, 6.45) is 5.76. The standard InChI is InChI=1S/C14H23N3O2/c1-4-12-10(2)14(19-16-12)15-13(18)9-17(3)11-7-5-6-8-11/h11H,4-9H2,1-3H3,(H,15,18). The summed E-state index contributed by atoms with van der Waals surface area (Å²) in [5, 5.41) is 6.75. The van der Waals surface area contributed by atoms with E-state index in [0.29, 0.717) is 18.5 Å². The monoisotopic (exact) mass is 265 g/mol. The summed E-state index contributed by atoms with van der Waals surface area (Å²) in [6, 6.07) is 0.549. The Morgan fingerprint density at radius 1 is 1.47 bits per heavy atom. The molecule has 1 aromatic rings. The molecule has 1 aromatic heterocycles. The summed E-state index contributed by atoms with van der Waals surface area (Å²) in [5.41, 5.74) is 1.83. The lowest BCUT2D eigenvalue weighted by atomic mass is 10.2. The van der Waals surface area contributed by atoms with Gasteiger partial charge in [-0.15, -0.1) is 0 Å². The SMILES string of the molecule is CCc1noc(NC(=O)CN(C)C2CCCC2)c1C. The van der Waals surface area contributed by atoms with Crippen molar-refractivity contribution >= 4 is 11.8 Å². The minimum atomic E-state index is -0.0312. The minimum absolute atomic E-state index is 0.0312. The van der Waals surface area contributed by atoms with Crippen LogP contribution in [0.4, 0.5) is 5.88 Å². The lowest BCUT2D eigenvalue weighted by Crippen LogP contribution is -2.36. The first kappa shape index (κ1) is 14.1. The van der Waals surface area contributed by atoms with Crippen LogP contribution < -0.4 is 5.32 Å².